The fourth-order valence-corrected chi connectivity index (χ4v) is 5.33. The molecule has 0 radical (unpaired) electrons. The number of nitrogens with zero attached hydrogens (tertiary/aromatic N) is 3. The molecule has 0 bridgehead atoms. The molecule has 0 saturated carbocycles. The maximum Gasteiger partial charge on any atom is 0.229 e. The molecule has 2 aromatic heterocycles. The van der Waals surface area contributed by atoms with Crippen LogP contribution < -0.4 is 9.64 Å². The van der Waals surface area contributed by atoms with Crippen LogP contribution in [0.5, 0.6) is 5.75 Å². The smallest absolute Gasteiger partial charge is 0.229 e. The highest BCUT2D eigenvalue weighted by Gasteiger charge is 2.20. The lowest BCUT2D eigenvalue weighted by Gasteiger charge is -2.19. The van der Waals surface area contributed by atoms with Crippen molar-refractivity contribution in [1.82, 2.24) is 9.97 Å². The van der Waals surface area contributed by atoms with Crippen molar-refractivity contribution in [3.63, 3.8) is 0 Å². The van der Waals surface area contributed by atoms with Gasteiger partial charge in [0, 0.05) is 17.5 Å². The van der Waals surface area contributed by atoms with Gasteiger partial charge in [-0.2, -0.15) is 0 Å². The quantitative estimate of drug-likeness (QED) is 0.196. The lowest BCUT2D eigenvalue weighted by atomic mass is 10.2. The van der Waals surface area contributed by atoms with Crippen molar-refractivity contribution >= 4 is 44.4 Å². The number of carbonyl (C=O) groups excluding carboxylic acids is 1. The second-order valence-electron chi connectivity index (χ2n) is 7.58. The van der Waals surface area contributed by atoms with E-state index in [-0.39, 0.29) is 5.91 Å². The number of thiazole rings is 1. The fourth-order valence-electron chi connectivity index (χ4n) is 3.43. The standard InChI is InChI=1S/C26H27N3O2S2/c1-3-19-9-14-23-24(17-19)33-26(28-23)29(18-20-7-4-5-15-27-20)25(30)8-6-16-32-22-12-10-21(31-2)11-13-22/h4-5,7,9-15,17H,3,6,8,16,18H2,1-2H3. The van der Waals surface area contributed by atoms with Crippen molar-refractivity contribution in [1.29, 1.82) is 0 Å². The highest BCUT2D eigenvalue weighted by Crippen LogP contribution is 2.31. The Balaban J connectivity index is 1.45. The molecule has 0 N–H and O–H groups in total. The molecule has 170 valence electrons. The molecule has 0 saturated heterocycles. The number of anilines is 1. The number of carbonyl (C=O) groups is 1. The normalized spacial score (nSPS) is 11.0. The van der Waals surface area contributed by atoms with Gasteiger partial charge in [-0.25, -0.2) is 4.98 Å². The van der Waals surface area contributed by atoms with Crippen LogP contribution in [0.15, 0.2) is 71.8 Å². The van der Waals surface area contributed by atoms with Crippen molar-refractivity contribution in [3.8, 4) is 5.75 Å². The van der Waals surface area contributed by atoms with Crippen LogP contribution >= 0.6 is 23.1 Å². The maximum absolute atomic E-state index is 13.3. The van der Waals surface area contributed by atoms with E-state index in [9.17, 15) is 4.79 Å². The van der Waals surface area contributed by atoms with Gasteiger partial charge in [-0.1, -0.05) is 30.4 Å². The van der Waals surface area contributed by atoms with E-state index in [0.29, 0.717) is 13.0 Å². The summed E-state index contributed by atoms with van der Waals surface area (Å²) in [4.78, 5) is 25.4. The van der Waals surface area contributed by atoms with Crippen molar-refractivity contribution in [2.45, 2.75) is 37.6 Å². The molecular formula is C26H27N3O2S2. The zero-order valence-corrected chi connectivity index (χ0v) is 20.5. The predicted octanol–water partition coefficient (Wildman–Crippen LogP) is 6.37. The van der Waals surface area contributed by atoms with Crippen LogP contribution in [0.1, 0.15) is 31.0 Å². The molecule has 2 heterocycles. The number of thioether (sulfide) groups is 1. The number of aryl methyl sites for hydroxylation is 1. The summed E-state index contributed by atoms with van der Waals surface area (Å²) in [7, 11) is 1.67. The Morgan fingerprint density at radius 2 is 1.97 bits per heavy atom. The lowest BCUT2D eigenvalue weighted by Crippen LogP contribution is -2.30. The Bertz CT molecular complexity index is 1190. The third kappa shape index (κ3) is 6.12. The van der Waals surface area contributed by atoms with E-state index in [0.717, 1.165) is 45.4 Å². The Morgan fingerprint density at radius 1 is 1.12 bits per heavy atom. The van der Waals surface area contributed by atoms with Crippen molar-refractivity contribution in [2.75, 3.05) is 17.8 Å². The molecule has 1 amide bonds. The first-order valence-electron chi connectivity index (χ1n) is 11.0. The van der Waals surface area contributed by atoms with Gasteiger partial charge in [-0.05, 0) is 72.7 Å². The number of amides is 1. The van der Waals surface area contributed by atoms with Crippen LogP contribution in [0.4, 0.5) is 5.13 Å². The van der Waals surface area contributed by atoms with Gasteiger partial charge in [0.2, 0.25) is 5.91 Å². The van der Waals surface area contributed by atoms with Crippen molar-refractivity contribution in [3.05, 3.63) is 78.1 Å². The Hall–Kier alpha value is -2.90. The Labute approximate surface area is 202 Å². The molecule has 2 aromatic carbocycles. The molecule has 0 unspecified atom stereocenters. The number of hydrogen-bond donors (Lipinski definition) is 0. The summed E-state index contributed by atoms with van der Waals surface area (Å²) in [6, 6.07) is 20.1. The van der Waals surface area contributed by atoms with E-state index < -0.39 is 0 Å². The van der Waals surface area contributed by atoms with Crippen LogP contribution in [0, 0.1) is 0 Å². The zero-order valence-electron chi connectivity index (χ0n) is 18.9. The van der Waals surface area contributed by atoms with E-state index in [1.807, 2.05) is 48.5 Å². The van der Waals surface area contributed by atoms with E-state index in [2.05, 4.69) is 24.0 Å². The summed E-state index contributed by atoms with van der Waals surface area (Å²) < 4.78 is 6.32. The summed E-state index contributed by atoms with van der Waals surface area (Å²) in [5.74, 6) is 1.79. The van der Waals surface area contributed by atoms with Crippen LogP contribution in [0.25, 0.3) is 10.2 Å². The number of benzene rings is 2. The lowest BCUT2D eigenvalue weighted by molar-refractivity contribution is -0.118. The number of pyridine rings is 1. The molecule has 7 heteroatoms. The predicted molar refractivity (Wildman–Crippen MR) is 137 cm³/mol. The first-order chi connectivity index (χ1) is 16.2. The third-order valence-corrected chi connectivity index (χ3v) is 7.43. The van der Waals surface area contributed by atoms with Gasteiger partial charge in [0.05, 0.1) is 29.6 Å². The second kappa shape index (κ2) is 11.3. The van der Waals surface area contributed by atoms with Crippen LogP contribution in [-0.4, -0.2) is 28.7 Å². The molecule has 33 heavy (non-hydrogen) atoms. The summed E-state index contributed by atoms with van der Waals surface area (Å²) in [5, 5.41) is 0.733. The largest absolute Gasteiger partial charge is 0.497 e. The number of ether oxygens (including phenoxy) is 1. The monoisotopic (exact) mass is 477 g/mol. The minimum absolute atomic E-state index is 0.0748. The van der Waals surface area contributed by atoms with Gasteiger partial charge in [-0.3, -0.25) is 14.7 Å². The van der Waals surface area contributed by atoms with Crippen LogP contribution in [0.2, 0.25) is 0 Å². The maximum atomic E-state index is 13.3. The van der Waals surface area contributed by atoms with E-state index in [4.69, 9.17) is 9.72 Å². The molecule has 4 rings (SSSR count). The van der Waals surface area contributed by atoms with Gasteiger partial charge in [0.1, 0.15) is 5.75 Å². The first-order valence-corrected chi connectivity index (χ1v) is 12.8. The molecule has 5 nitrogen and oxygen atoms in total. The van der Waals surface area contributed by atoms with Gasteiger partial charge in [0.25, 0.3) is 0 Å². The summed E-state index contributed by atoms with van der Waals surface area (Å²) in [6.45, 7) is 2.57. The minimum atomic E-state index is 0.0748. The number of fused-ring (bicyclic) bond motifs is 1. The molecular weight excluding hydrogens is 450 g/mol. The topological polar surface area (TPSA) is 55.3 Å². The molecule has 4 aromatic rings. The molecule has 0 fully saturated rings. The van der Waals surface area contributed by atoms with E-state index in [1.54, 1.807) is 41.3 Å². The molecule has 0 aliphatic rings. The van der Waals surface area contributed by atoms with Gasteiger partial charge in [0.15, 0.2) is 5.13 Å². The van der Waals surface area contributed by atoms with Crippen LogP contribution in [-0.2, 0) is 17.8 Å². The first kappa shape index (κ1) is 23.3. The van der Waals surface area contributed by atoms with E-state index >= 15 is 0 Å². The average molecular weight is 478 g/mol. The minimum Gasteiger partial charge on any atom is -0.497 e. The molecule has 0 spiro atoms. The van der Waals surface area contributed by atoms with E-state index in [1.165, 1.54) is 10.5 Å². The average Bonchev–Trinajstić information content (AvgIpc) is 3.29. The molecule has 0 aliphatic heterocycles. The fraction of sp³-hybridized carbons (Fsp3) is 0.269. The third-order valence-electron chi connectivity index (χ3n) is 5.29. The number of methoxy groups -OCH3 is 1. The number of aromatic nitrogens is 2. The second-order valence-corrected chi connectivity index (χ2v) is 9.76. The van der Waals surface area contributed by atoms with Crippen molar-refractivity contribution < 1.29 is 9.53 Å². The number of hydrogen-bond acceptors (Lipinski definition) is 6. The van der Waals surface area contributed by atoms with Crippen molar-refractivity contribution in [2.24, 2.45) is 0 Å². The number of rotatable bonds is 10. The molecule has 0 aliphatic carbocycles. The highest BCUT2D eigenvalue weighted by atomic mass is 32.2. The Kier molecular flexibility index (Phi) is 7.96. The zero-order chi connectivity index (χ0) is 23.0. The Morgan fingerprint density at radius 3 is 2.70 bits per heavy atom. The van der Waals surface area contributed by atoms with Crippen LogP contribution in [0.3, 0.4) is 0 Å². The summed E-state index contributed by atoms with van der Waals surface area (Å²) in [5.41, 5.74) is 3.06. The molecule has 0 atom stereocenters. The van der Waals surface area contributed by atoms with Gasteiger partial charge >= 0.3 is 0 Å². The SMILES string of the molecule is CCc1ccc2nc(N(Cc3ccccn3)C(=O)CCCSc3ccc(OC)cc3)sc2c1. The van der Waals surface area contributed by atoms with Gasteiger partial charge in [-0.15, -0.1) is 11.8 Å². The summed E-state index contributed by atoms with van der Waals surface area (Å²) >= 11 is 3.32. The highest BCUT2D eigenvalue weighted by molar-refractivity contribution is 7.99. The van der Waals surface area contributed by atoms with Gasteiger partial charge < -0.3 is 4.74 Å². The summed E-state index contributed by atoms with van der Waals surface area (Å²) in [6.07, 6.45) is 3.99.